The van der Waals surface area contributed by atoms with Gasteiger partial charge in [-0.05, 0) is 36.2 Å². The lowest BCUT2D eigenvalue weighted by molar-refractivity contribution is 0.415. The van der Waals surface area contributed by atoms with E-state index in [0.29, 0.717) is 10.6 Å². The van der Waals surface area contributed by atoms with Crippen LogP contribution in [0.3, 0.4) is 0 Å². The van der Waals surface area contributed by atoms with Gasteiger partial charge >= 0.3 is 0 Å². The van der Waals surface area contributed by atoms with E-state index in [1.54, 1.807) is 13.3 Å². The molecular weight excluding hydrogens is 342 g/mol. The summed E-state index contributed by atoms with van der Waals surface area (Å²) in [5, 5.41) is 15.3. The van der Waals surface area contributed by atoms with E-state index in [0.717, 1.165) is 29.1 Å². The summed E-state index contributed by atoms with van der Waals surface area (Å²) in [7, 11) is 1.63. The maximum atomic E-state index is 9.48. The van der Waals surface area contributed by atoms with Crippen LogP contribution in [0.2, 0.25) is 0 Å². The second kappa shape index (κ2) is 8.32. The molecule has 0 atom stereocenters. The molecule has 3 aromatic rings. The van der Waals surface area contributed by atoms with Crippen LogP contribution in [0, 0.1) is 11.3 Å². The van der Waals surface area contributed by atoms with E-state index in [1.807, 2.05) is 29.6 Å². The van der Waals surface area contributed by atoms with Crippen molar-refractivity contribution in [3.63, 3.8) is 0 Å². The Morgan fingerprint density at radius 3 is 2.54 bits per heavy atom. The molecule has 0 aliphatic carbocycles. The quantitative estimate of drug-likeness (QED) is 0.601. The second-order valence-electron chi connectivity index (χ2n) is 5.63. The number of anilines is 1. The molecule has 26 heavy (non-hydrogen) atoms. The zero-order chi connectivity index (χ0) is 18.4. The van der Waals surface area contributed by atoms with E-state index >= 15 is 0 Å². The summed E-state index contributed by atoms with van der Waals surface area (Å²) in [6.45, 7) is 2.13. The van der Waals surface area contributed by atoms with E-state index in [2.05, 4.69) is 47.6 Å². The SMILES string of the molecule is CCc1ccc(-c2csc(/C(C#N)=C/Nc3ccc(OC)cc3)n2)cc1. The van der Waals surface area contributed by atoms with Crippen LogP contribution in [-0.4, -0.2) is 12.1 Å². The molecule has 1 N–H and O–H groups in total. The molecule has 0 saturated heterocycles. The number of thiazole rings is 1. The van der Waals surface area contributed by atoms with Crippen molar-refractivity contribution in [2.75, 3.05) is 12.4 Å². The van der Waals surface area contributed by atoms with E-state index in [-0.39, 0.29) is 0 Å². The van der Waals surface area contributed by atoms with Crippen LogP contribution in [0.15, 0.2) is 60.1 Å². The number of hydrogen-bond acceptors (Lipinski definition) is 5. The highest BCUT2D eigenvalue weighted by Gasteiger charge is 2.09. The van der Waals surface area contributed by atoms with Crippen molar-refractivity contribution in [3.8, 4) is 23.1 Å². The zero-order valence-electron chi connectivity index (χ0n) is 14.7. The average molecular weight is 361 g/mol. The van der Waals surface area contributed by atoms with E-state index in [9.17, 15) is 5.26 Å². The molecule has 0 amide bonds. The highest BCUT2D eigenvalue weighted by molar-refractivity contribution is 7.11. The van der Waals surface area contributed by atoms with Crippen molar-refractivity contribution in [2.24, 2.45) is 0 Å². The predicted octanol–water partition coefficient (Wildman–Crippen LogP) is 5.36. The largest absolute Gasteiger partial charge is 0.497 e. The first kappa shape index (κ1) is 17.7. The molecular formula is C21H19N3OS. The van der Waals surface area contributed by atoms with Gasteiger partial charge < -0.3 is 10.1 Å². The number of aromatic nitrogens is 1. The molecule has 0 aliphatic rings. The maximum Gasteiger partial charge on any atom is 0.136 e. The Morgan fingerprint density at radius 2 is 1.92 bits per heavy atom. The Kier molecular flexibility index (Phi) is 5.67. The molecule has 5 heteroatoms. The number of ether oxygens (including phenoxy) is 1. The lowest BCUT2D eigenvalue weighted by Gasteiger charge is -2.03. The molecule has 3 rings (SSSR count). The van der Waals surface area contributed by atoms with Crippen LogP contribution in [0.1, 0.15) is 17.5 Å². The maximum absolute atomic E-state index is 9.48. The number of aryl methyl sites for hydroxylation is 1. The third kappa shape index (κ3) is 4.11. The van der Waals surface area contributed by atoms with E-state index in [1.165, 1.54) is 16.9 Å². The van der Waals surface area contributed by atoms with Crippen LogP contribution in [0.5, 0.6) is 5.75 Å². The summed E-state index contributed by atoms with van der Waals surface area (Å²) in [5.74, 6) is 0.790. The van der Waals surface area contributed by atoms with Crippen LogP contribution < -0.4 is 10.1 Å². The van der Waals surface area contributed by atoms with Gasteiger partial charge in [0.2, 0.25) is 0 Å². The number of nitriles is 1. The Morgan fingerprint density at radius 1 is 1.19 bits per heavy atom. The van der Waals surface area contributed by atoms with Gasteiger partial charge in [0.1, 0.15) is 22.4 Å². The van der Waals surface area contributed by atoms with Gasteiger partial charge in [-0.15, -0.1) is 11.3 Å². The Bertz CT molecular complexity index is 935. The smallest absolute Gasteiger partial charge is 0.136 e. The molecule has 0 unspecified atom stereocenters. The van der Waals surface area contributed by atoms with Gasteiger partial charge in [-0.3, -0.25) is 0 Å². The van der Waals surface area contributed by atoms with Gasteiger partial charge in [-0.1, -0.05) is 31.2 Å². The summed E-state index contributed by atoms with van der Waals surface area (Å²) in [4.78, 5) is 4.61. The van der Waals surface area contributed by atoms with Crippen molar-refractivity contribution < 1.29 is 4.74 Å². The van der Waals surface area contributed by atoms with Gasteiger partial charge in [-0.25, -0.2) is 4.98 Å². The Labute approximate surface area is 157 Å². The first-order chi connectivity index (χ1) is 12.7. The second-order valence-corrected chi connectivity index (χ2v) is 6.49. The standard InChI is InChI=1S/C21H19N3OS/c1-3-15-4-6-16(7-5-15)20-14-26-21(24-20)17(12-22)13-23-18-8-10-19(25-2)11-9-18/h4-11,13-14,23H,3H2,1-2H3/b17-13+. The highest BCUT2D eigenvalue weighted by atomic mass is 32.1. The lowest BCUT2D eigenvalue weighted by Crippen LogP contribution is -1.91. The highest BCUT2D eigenvalue weighted by Crippen LogP contribution is 2.26. The molecule has 0 saturated carbocycles. The summed E-state index contributed by atoms with van der Waals surface area (Å²) < 4.78 is 5.14. The zero-order valence-corrected chi connectivity index (χ0v) is 15.5. The first-order valence-corrected chi connectivity index (χ1v) is 9.17. The minimum absolute atomic E-state index is 0.502. The molecule has 0 aliphatic heterocycles. The van der Waals surface area contributed by atoms with Crippen molar-refractivity contribution >= 4 is 22.6 Å². The fraction of sp³-hybridized carbons (Fsp3) is 0.143. The van der Waals surface area contributed by atoms with Gasteiger partial charge in [-0.2, -0.15) is 5.26 Å². The minimum atomic E-state index is 0.502. The summed E-state index contributed by atoms with van der Waals surface area (Å²) in [6, 6.07) is 18.1. The normalized spacial score (nSPS) is 11.0. The fourth-order valence-corrected chi connectivity index (χ4v) is 3.22. The monoisotopic (exact) mass is 361 g/mol. The third-order valence-electron chi connectivity index (χ3n) is 3.99. The molecule has 0 radical (unpaired) electrons. The predicted molar refractivity (Wildman–Crippen MR) is 107 cm³/mol. The molecule has 0 bridgehead atoms. The van der Waals surface area contributed by atoms with Crippen molar-refractivity contribution in [1.82, 2.24) is 4.98 Å². The Balaban J connectivity index is 1.77. The number of nitrogens with zero attached hydrogens (tertiary/aromatic N) is 2. The van der Waals surface area contributed by atoms with Gasteiger partial charge in [0.15, 0.2) is 0 Å². The molecule has 1 heterocycles. The molecule has 4 nitrogen and oxygen atoms in total. The van der Waals surface area contributed by atoms with E-state index in [4.69, 9.17) is 4.74 Å². The number of rotatable bonds is 6. The Hall–Kier alpha value is -3.10. The fourth-order valence-electron chi connectivity index (χ4n) is 2.43. The van der Waals surface area contributed by atoms with Gasteiger partial charge in [0, 0.05) is 22.8 Å². The summed E-state index contributed by atoms with van der Waals surface area (Å²) in [6.07, 6.45) is 2.70. The topological polar surface area (TPSA) is 57.9 Å². The minimum Gasteiger partial charge on any atom is -0.497 e. The molecule has 0 fully saturated rings. The van der Waals surface area contributed by atoms with Crippen molar-refractivity contribution in [2.45, 2.75) is 13.3 Å². The van der Waals surface area contributed by atoms with Crippen LogP contribution in [-0.2, 0) is 6.42 Å². The van der Waals surface area contributed by atoms with Crippen LogP contribution in [0.4, 0.5) is 5.69 Å². The molecule has 0 spiro atoms. The number of nitrogens with one attached hydrogen (secondary N) is 1. The number of allylic oxidation sites excluding steroid dienone is 1. The number of hydrogen-bond donors (Lipinski definition) is 1. The summed E-state index contributed by atoms with van der Waals surface area (Å²) in [5.41, 5.74) is 4.63. The van der Waals surface area contributed by atoms with Crippen LogP contribution >= 0.6 is 11.3 Å². The molecule has 1 aromatic heterocycles. The van der Waals surface area contributed by atoms with Gasteiger partial charge in [0.25, 0.3) is 0 Å². The van der Waals surface area contributed by atoms with E-state index < -0.39 is 0 Å². The lowest BCUT2D eigenvalue weighted by atomic mass is 10.1. The first-order valence-electron chi connectivity index (χ1n) is 8.29. The molecule has 2 aromatic carbocycles. The number of methoxy groups -OCH3 is 1. The van der Waals surface area contributed by atoms with Crippen molar-refractivity contribution in [3.05, 3.63) is 70.7 Å². The molecule has 130 valence electrons. The van der Waals surface area contributed by atoms with Crippen molar-refractivity contribution in [1.29, 1.82) is 5.26 Å². The number of benzene rings is 2. The van der Waals surface area contributed by atoms with Gasteiger partial charge in [0.05, 0.1) is 12.8 Å². The van der Waals surface area contributed by atoms with Crippen LogP contribution in [0.25, 0.3) is 16.8 Å². The summed E-state index contributed by atoms with van der Waals surface area (Å²) >= 11 is 1.47. The average Bonchev–Trinajstić information content (AvgIpc) is 3.19. The third-order valence-corrected chi connectivity index (χ3v) is 4.86.